The second-order valence-electron chi connectivity index (χ2n) is 2.95. The third kappa shape index (κ3) is 3.47. The van der Waals surface area contributed by atoms with E-state index in [1.165, 1.54) is 6.08 Å². The second kappa shape index (κ2) is 4.57. The van der Waals surface area contributed by atoms with Gasteiger partial charge in [0, 0.05) is 0 Å². The molecule has 0 aliphatic carbocycles. The molecule has 1 radical (unpaired) electrons. The topological polar surface area (TPSA) is 74.6 Å². The molecule has 1 atom stereocenters. The summed E-state index contributed by atoms with van der Waals surface area (Å²) in [6, 6.07) is 8.48. The Hall–Kier alpha value is -1.17. The smallest absolute Gasteiger partial charge is 0.293 e. The van der Waals surface area contributed by atoms with Gasteiger partial charge in [0.15, 0.2) is 0 Å². The molecule has 0 aliphatic heterocycles. The minimum Gasteiger partial charge on any atom is -0.388 e. The van der Waals surface area contributed by atoms with E-state index in [0.29, 0.717) is 5.56 Å². The molecule has 2 N–H and O–H groups in total. The molecule has 81 valence electrons. The van der Waals surface area contributed by atoms with Crippen molar-refractivity contribution in [2.24, 2.45) is 0 Å². The van der Waals surface area contributed by atoms with Crippen LogP contribution in [-0.2, 0) is 10.1 Å². The summed E-state index contributed by atoms with van der Waals surface area (Å²) in [7, 11) is -4.41. The minimum atomic E-state index is -4.41. The van der Waals surface area contributed by atoms with Crippen LogP contribution in [0.1, 0.15) is 5.56 Å². The van der Waals surface area contributed by atoms with Gasteiger partial charge in [0.05, 0.1) is 6.10 Å². The zero-order valence-corrected chi connectivity index (χ0v) is 8.68. The zero-order chi connectivity index (χ0) is 11.5. The lowest BCUT2D eigenvalue weighted by Gasteiger charge is -2.06. The maximum Gasteiger partial charge on any atom is 0.293 e. The lowest BCUT2D eigenvalue weighted by molar-refractivity contribution is 0.263. The minimum absolute atomic E-state index is 0.520. The Labute approximate surface area is 88.6 Å². The van der Waals surface area contributed by atoms with Crippen LogP contribution in [0.15, 0.2) is 35.2 Å². The van der Waals surface area contributed by atoms with Crippen molar-refractivity contribution in [2.45, 2.75) is 6.10 Å². The van der Waals surface area contributed by atoms with Crippen LogP contribution in [0, 0.1) is 6.92 Å². The van der Waals surface area contributed by atoms with E-state index in [1.807, 2.05) is 0 Å². The Balaban J connectivity index is 3.18. The Kier molecular flexibility index (Phi) is 3.62. The number of hydrogen-bond acceptors (Lipinski definition) is 3. The number of hydrogen-bond donors (Lipinski definition) is 2. The number of benzene rings is 1. The summed E-state index contributed by atoms with van der Waals surface area (Å²) in [6.45, 7) is 3.15. The summed E-state index contributed by atoms with van der Waals surface area (Å²) in [5.41, 5.74) is 0.563. The van der Waals surface area contributed by atoms with Crippen LogP contribution < -0.4 is 0 Å². The molecule has 0 spiro atoms. The fourth-order valence-corrected chi connectivity index (χ4v) is 1.68. The molecule has 15 heavy (non-hydrogen) atoms. The molecule has 0 aromatic heterocycles. The van der Waals surface area contributed by atoms with Gasteiger partial charge >= 0.3 is 0 Å². The molecule has 1 aromatic carbocycles. The van der Waals surface area contributed by atoms with Crippen LogP contribution in [0.2, 0.25) is 0 Å². The summed E-state index contributed by atoms with van der Waals surface area (Å²) in [5, 5.41) is 9.09. The first-order chi connectivity index (χ1) is 6.91. The highest BCUT2D eigenvalue weighted by Gasteiger charge is 2.18. The van der Waals surface area contributed by atoms with Crippen LogP contribution in [0.4, 0.5) is 0 Å². The summed E-state index contributed by atoms with van der Waals surface area (Å²) in [5.74, 6) is 0. The fourth-order valence-electron chi connectivity index (χ4n) is 1.06. The SMILES string of the molecule is [CH2]C(O)C(=Cc1ccccc1)S(=O)(=O)O. The molecule has 0 heterocycles. The molecular weight excluding hydrogens is 216 g/mol. The maximum absolute atomic E-state index is 10.9. The Bertz CT molecular complexity index is 446. The number of aliphatic hydroxyl groups is 1. The van der Waals surface area contributed by atoms with Crippen molar-refractivity contribution in [2.75, 3.05) is 0 Å². The third-order valence-corrected chi connectivity index (χ3v) is 2.72. The molecule has 0 saturated carbocycles. The van der Waals surface area contributed by atoms with Gasteiger partial charge in [-0.2, -0.15) is 8.42 Å². The molecule has 0 amide bonds. The van der Waals surface area contributed by atoms with Crippen molar-refractivity contribution in [1.82, 2.24) is 0 Å². The summed E-state index contributed by atoms with van der Waals surface area (Å²) >= 11 is 0. The van der Waals surface area contributed by atoms with E-state index in [0.717, 1.165) is 0 Å². The lowest BCUT2D eigenvalue weighted by atomic mass is 10.2. The Morgan fingerprint density at radius 1 is 1.33 bits per heavy atom. The summed E-state index contributed by atoms with van der Waals surface area (Å²) in [4.78, 5) is -0.520. The van der Waals surface area contributed by atoms with Crippen molar-refractivity contribution >= 4 is 16.2 Å². The number of rotatable bonds is 3. The van der Waals surface area contributed by atoms with Gasteiger partial charge in [-0.25, -0.2) is 0 Å². The van der Waals surface area contributed by atoms with Crippen LogP contribution in [0.25, 0.3) is 6.08 Å². The normalized spacial score (nSPS) is 15.0. The van der Waals surface area contributed by atoms with Gasteiger partial charge in [0.25, 0.3) is 10.1 Å². The van der Waals surface area contributed by atoms with E-state index in [2.05, 4.69) is 6.92 Å². The predicted octanol–water partition coefficient (Wildman–Crippen LogP) is 1.11. The maximum atomic E-state index is 10.9. The summed E-state index contributed by atoms with van der Waals surface area (Å²) in [6.07, 6.45) is -0.312. The molecule has 0 aliphatic rings. The number of aliphatic hydroxyl groups excluding tert-OH is 1. The molecule has 1 rings (SSSR count). The van der Waals surface area contributed by atoms with Gasteiger partial charge in [-0.15, -0.1) is 0 Å². The molecule has 0 saturated heterocycles. The van der Waals surface area contributed by atoms with Gasteiger partial charge in [0.1, 0.15) is 4.91 Å². The average Bonchev–Trinajstić information content (AvgIpc) is 2.13. The molecule has 5 heteroatoms. The largest absolute Gasteiger partial charge is 0.388 e. The van der Waals surface area contributed by atoms with E-state index in [9.17, 15) is 8.42 Å². The second-order valence-corrected chi connectivity index (χ2v) is 4.37. The van der Waals surface area contributed by atoms with Crippen molar-refractivity contribution in [3.8, 4) is 0 Å². The van der Waals surface area contributed by atoms with Crippen LogP contribution in [-0.4, -0.2) is 24.2 Å². The molecule has 0 fully saturated rings. The first-order valence-electron chi connectivity index (χ1n) is 4.16. The highest BCUT2D eigenvalue weighted by atomic mass is 32.2. The zero-order valence-electron chi connectivity index (χ0n) is 7.87. The highest BCUT2D eigenvalue weighted by molar-refractivity contribution is 7.90. The van der Waals surface area contributed by atoms with Crippen LogP contribution in [0.3, 0.4) is 0 Å². The van der Waals surface area contributed by atoms with Crippen LogP contribution in [0.5, 0.6) is 0 Å². The average molecular weight is 227 g/mol. The monoisotopic (exact) mass is 227 g/mol. The van der Waals surface area contributed by atoms with E-state index < -0.39 is 21.1 Å². The van der Waals surface area contributed by atoms with Crippen molar-refractivity contribution in [1.29, 1.82) is 0 Å². The van der Waals surface area contributed by atoms with Gasteiger partial charge in [-0.05, 0) is 18.6 Å². The highest BCUT2D eigenvalue weighted by Crippen LogP contribution is 2.14. The van der Waals surface area contributed by atoms with Gasteiger partial charge in [-0.3, -0.25) is 4.55 Å². The Morgan fingerprint density at radius 3 is 2.27 bits per heavy atom. The Morgan fingerprint density at radius 2 is 1.87 bits per heavy atom. The first-order valence-corrected chi connectivity index (χ1v) is 5.60. The lowest BCUT2D eigenvalue weighted by Crippen LogP contribution is -2.14. The van der Waals surface area contributed by atoms with Gasteiger partial charge < -0.3 is 5.11 Å². The van der Waals surface area contributed by atoms with Crippen molar-refractivity contribution in [3.05, 3.63) is 47.7 Å². The van der Waals surface area contributed by atoms with E-state index >= 15 is 0 Å². The molecular formula is C10H11O4S. The molecule has 1 aromatic rings. The van der Waals surface area contributed by atoms with Gasteiger partial charge in [-0.1, -0.05) is 30.3 Å². The van der Waals surface area contributed by atoms with Crippen molar-refractivity contribution < 1.29 is 18.1 Å². The quantitative estimate of drug-likeness (QED) is 0.758. The van der Waals surface area contributed by atoms with E-state index in [-0.39, 0.29) is 0 Å². The first kappa shape index (κ1) is 11.9. The van der Waals surface area contributed by atoms with Crippen LogP contribution >= 0.6 is 0 Å². The summed E-state index contributed by atoms with van der Waals surface area (Å²) < 4.78 is 30.5. The predicted molar refractivity (Wildman–Crippen MR) is 57.3 cm³/mol. The van der Waals surface area contributed by atoms with Crippen molar-refractivity contribution in [3.63, 3.8) is 0 Å². The van der Waals surface area contributed by atoms with E-state index in [1.54, 1.807) is 30.3 Å². The third-order valence-electron chi connectivity index (χ3n) is 1.73. The molecule has 0 bridgehead atoms. The molecule has 1 unspecified atom stereocenters. The van der Waals surface area contributed by atoms with E-state index in [4.69, 9.17) is 9.66 Å². The van der Waals surface area contributed by atoms with Gasteiger partial charge in [0.2, 0.25) is 0 Å². The standard InChI is InChI=1S/C10H11O4S/c1-8(11)10(15(12,13)14)7-9-5-3-2-4-6-9/h2-8,11H,1H2,(H,12,13,14). The molecule has 4 nitrogen and oxygen atoms in total. The fraction of sp³-hybridized carbons (Fsp3) is 0.100.